The Morgan fingerprint density at radius 3 is 2.67 bits per heavy atom. The van der Waals surface area contributed by atoms with Crippen molar-refractivity contribution < 1.29 is 23.5 Å². The first kappa shape index (κ1) is 17.3. The van der Waals surface area contributed by atoms with Gasteiger partial charge in [0.15, 0.2) is 0 Å². The highest BCUT2D eigenvalue weighted by molar-refractivity contribution is 8.19. The van der Waals surface area contributed by atoms with Gasteiger partial charge in [-0.15, -0.1) is 23.5 Å². The van der Waals surface area contributed by atoms with Crippen LogP contribution in [0.25, 0.3) is 0 Å². The third-order valence-electron chi connectivity index (χ3n) is 3.85. The van der Waals surface area contributed by atoms with Gasteiger partial charge in [-0.05, 0) is 17.7 Å². The summed E-state index contributed by atoms with van der Waals surface area (Å²) in [5.74, 6) is -2.47. The summed E-state index contributed by atoms with van der Waals surface area (Å²) in [5.41, 5.74) is 1.52. The van der Waals surface area contributed by atoms with E-state index in [1.165, 1.54) is 0 Å². The normalized spacial score (nSPS) is 23.4. The van der Waals surface area contributed by atoms with E-state index in [1.807, 2.05) is 29.6 Å². The van der Waals surface area contributed by atoms with E-state index in [1.54, 1.807) is 18.2 Å². The molecular weight excluding hydrogens is 358 g/mol. The molecule has 1 atom stereocenters. The SMILES string of the molecule is O=C(O)[C@@H]1CC(F)(F)CN1C(=O)Nc1cccc(C2SCCS2)c1. The molecule has 2 fully saturated rings. The standard InChI is InChI=1S/C15H16F2N2O3S2/c16-15(17)7-11(12(20)21)19(8-15)14(22)18-10-3-1-2-9(6-10)13-23-4-5-24-13/h1-3,6,11,13H,4-5,7-8H2,(H,18,22)(H,20,21)/t11-/m0/s1. The van der Waals surface area contributed by atoms with E-state index < -0.39 is 36.9 Å². The van der Waals surface area contributed by atoms with Gasteiger partial charge >= 0.3 is 12.0 Å². The number of anilines is 1. The van der Waals surface area contributed by atoms with Gasteiger partial charge in [0.25, 0.3) is 5.92 Å². The van der Waals surface area contributed by atoms with Gasteiger partial charge < -0.3 is 15.3 Å². The van der Waals surface area contributed by atoms with Gasteiger partial charge in [0.05, 0.1) is 11.1 Å². The van der Waals surface area contributed by atoms with Gasteiger partial charge in [-0.3, -0.25) is 0 Å². The van der Waals surface area contributed by atoms with Crippen LogP contribution in [0.2, 0.25) is 0 Å². The lowest BCUT2D eigenvalue weighted by Crippen LogP contribution is -2.43. The molecule has 2 aliphatic rings. The summed E-state index contributed by atoms with van der Waals surface area (Å²) in [6.07, 6.45) is -0.856. The largest absolute Gasteiger partial charge is 0.480 e. The van der Waals surface area contributed by atoms with Crippen LogP contribution in [0.1, 0.15) is 16.6 Å². The van der Waals surface area contributed by atoms with E-state index in [0.29, 0.717) is 15.2 Å². The second-order valence-electron chi connectivity index (χ2n) is 5.67. The number of hydrogen-bond donors (Lipinski definition) is 2. The molecule has 2 heterocycles. The zero-order valence-corrected chi connectivity index (χ0v) is 14.2. The topological polar surface area (TPSA) is 69.6 Å². The van der Waals surface area contributed by atoms with Crippen molar-refractivity contribution >= 4 is 41.2 Å². The van der Waals surface area contributed by atoms with Crippen molar-refractivity contribution in [3.05, 3.63) is 29.8 Å². The first-order valence-corrected chi connectivity index (χ1v) is 9.47. The number of hydrogen-bond acceptors (Lipinski definition) is 4. The molecule has 0 radical (unpaired) electrons. The number of nitrogens with one attached hydrogen (secondary N) is 1. The molecule has 24 heavy (non-hydrogen) atoms. The molecule has 2 saturated heterocycles. The highest BCUT2D eigenvalue weighted by atomic mass is 32.2. The third-order valence-corrected chi connectivity index (χ3v) is 6.95. The Hall–Kier alpha value is -1.48. The quantitative estimate of drug-likeness (QED) is 0.848. The smallest absolute Gasteiger partial charge is 0.326 e. The number of nitrogens with zero attached hydrogens (tertiary/aromatic N) is 1. The predicted molar refractivity (Wildman–Crippen MR) is 90.8 cm³/mol. The average Bonchev–Trinajstić information content (AvgIpc) is 3.15. The van der Waals surface area contributed by atoms with Crippen molar-refractivity contribution in [2.45, 2.75) is 23.0 Å². The van der Waals surface area contributed by atoms with Crippen LogP contribution in [0.3, 0.4) is 0 Å². The summed E-state index contributed by atoms with van der Waals surface area (Å²) >= 11 is 3.63. The maximum absolute atomic E-state index is 13.5. The first-order chi connectivity index (χ1) is 11.4. The fourth-order valence-corrected chi connectivity index (χ4v) is 5.60. The second kappa shape index (κ2) is 6.79. The Bertz CT molecular complexity index is 653. The Morgan fingerprint density at radius 2 is 2.00 bits per heavy atom. The van der Waals surface area contributed by atoms with Crippen LogP contribution in [0.4, 0.5) is 19.3 Å². The number of carbonyl (C=O) groups is 2. The lowest BCUT2D eigenvalue weighted by Gasteiger charge is -2.21. The second-order valence-corrected chi connectivity index (χ2v) is 8.40. The number of alkyl halides is 2. The minimum Gasteiger partial charge on any atom is -0.480 e. The highest BCUT2D eigenvalue weighted by Gasteiger charge is 2.50. The Labute approximate surface area is 146 Å². The lowest BCUT2D eigenvalue weighted by atomic mass is 10.2. The summed E-state index contributed by atoms with van der Waals surface area (Å²) in [5, 5.41) is 11.6. The highest BCUT2D eigenvalue weighted by Crippen LogP contribution is 2.45. The molecule has 0 spiro atoms. The van der Waals surface area contributed by atoms with Crippen molar-refractivity contribution in [3.63, 3.8) is 0 Å². The third kappa shape index (κ3) is 3.77. The maximum atomic E-state index is 13.5. The van der Waals surface area contributed by atoms with Gasteiger partial charge in [0, 0.05) is 23.6 Å². The van der Waals surface area contributed by atoms with E-state index >= 15 is 0 Å². The molecule has 2 N–H and O–H groups in total. The molecule has 9 heteroatoms. The summed E-state index contributed by atoms with van der Waals surface area (Å²) in [6, 6.07) is 4.88. The van der Waals surface area contributed by atoms with Crippen LogP contribution < -0.4 is 5.32 Å². The number of thioether (sulfide) groups is 2. The van der Waals surface area contributed by atoms with E-state index in [9.17, 15) is 18.4 Å². The number of carboxylic acids is 1. The molecule has 1 aromatic rings. The van der Waals surface area contributed by atoms with Crippen molar-refractivity contribution in [1.29, 1.82) is 0 Å². The van der Waals surface area contributed by atoms with Crippen LogP contribution in [0.15, 0.2) is 24.3 Å². The number of rotatable bonds is 3. The number of likely N-dealkylation sites (tertiary alicyclic amines) is 1. The molecule has 2 aliphatic heterocycles. The predicted octanol–water partition coefficient (Wildman–Crippen LogP) is 3.49. The number of aliphatic carboxylic acids is 1. The molecule has 0 aliphatic carbocycles. The minimum absolute atomic E-state index is 0.296. The number of carbonyl (C=O) groups excluding carboxylic acids is 1. The lowest BCUT2D eigenvalue weighted by molar-refractivity contribution is -0.141. The van der Waals surface area contributed by atoms with Gasteiger partial charge in [0.1, 0.15) is 6.04 Å². The van der Waals surface area contributed by atoms with Crippen molar-refractivity contribution in [1.82, 2.24) is 4.90 Å². The van der Waals surface area contributed by atoms with E-state index in [-0.39, 0.29) is 0 Å². The summed E-state index contributed by atoms with van der Waals surface area (Å²) in [6.45, 7) is -0.885. The monoisotopic (exact) mass is 374 g/mol. The number of amides is 2. The van der Waals surface area contributed by atoms with Crippen molar-refractivity contribution in [3.8, 4) is 0 Å². The fraction of sp³-hybridized carbons (Fsp3) is 0.467. The molecule has 1 aromatic carbocycles. The Morgan fingerprint density at radius 1 is 1.29 bits per heavy atom. The number of carboxylic acid groups (broad SMARTS) is 1. The Balaban J connectivity index is 1.72. The van der Waals surface area contributed by atoms with Crippen molar-refractivity contribution in [2.24, 2.45) is 0 Å². The van der Waals surface area contributed by atoms with Crippen LogP contribution in [-0.2, 0) is 4.79 Å². The maximum Gasteiger partial charge on any atom is 0.326 e. The molecule has 0 saturated carbocycles. The van der Waals surface area contributed by atoms with Crippen LogP contribution in [0.5, 0.6) is 0 Å². The van der Waals surface area contributed by atoms with Crippen LogP contribution in [0, 0.1) is 0 Å². The number of halogens is 2. The summed E-state index contributed by atoms with van der Waals surface area (Å²) in [7, 11) is 0. The van der Waals surface area contributed by atoms with Gasteiger partial charge in [0.2, 0.25) is 0 Å². The minimum atomic E-state index is -3.18. The molecule has 5 nitrogen and oxygen atoms in total. The molecule has 0 bridgehead atoms. The van der Waals surface area contributed by atoms with Crippen LogP contribution in [-0.4, -0.2) is 52.0 Å². The van der Waals surface area contributed by atoms with E-state index in [0.717, 1.165) is 17.1 Å². The van der Waals surface area contributed by atoms with Gasteiger partial charge in [-0.25, -0.2) is 18.4 Å². The zero-order valence-electron chi connectivity index (χ0n) is 12.6. The van der Waals surface area contributed by atoms with Crippen LogP contribution >= 0.6 is 23.5 Å². The first-order valence-electron chi connectivity index (χ1n) is 7.37. The molecule has 0 unspecified atom stereocenters. The number of benzene rings is 1. The molecule has 2 amide bonds. The zero-order chi connectivity index (χ0) is 17.3. The molecule has 130 valence electrons. The molecular formula is C15H16F2N2O3S2. The Kier molecular flexibility index (Phi) is 4.91. The molecule has 0 aromatic heterocycles. The molecule has 3 rings (SSSR count). The fourth-order valence-electron chi connectivity index (χ4n) is 2.76. The van der Waals surface area contributed by atoms with Gasteiger partial charge in [-0.1, -0.05) is 12.1 Å². The number of urea groups is 1. The van der Waals surface area contributed by atoms with Gasteiger partial charge in [-0.2, -0.15) is 0 Å². The summed E-state index contributed by atoms with van der Waals surface area (Å²) < 4.78 is 27.3. The average molecular weight is 374 g/mol. The van der Waals surface area contributed by atoms with E-state index in [4.69, 9.17) is 5.11 Å². The summed E-state index contributed by atoms with van der Waals surface area (Å²) in [4.78, 5) is 24.1. The van der Waals surface area contributed by atoms with E-state index in [2.05, 4.69) is 5.32 Å². The van der Waals surface area contributed by atoms with Crippen molar-refractivity contribution in [2.75, 3.05) is 23.4 Å².